The van der Waals surface area contributed by atoms with E-state index in [-0.39, 0.29) is 23.8 Å². The van der Waals surface area contributed by atoms with Gasteiger partial charge >= 0.3 is 5.97 Å². The monoisotopic (exact) mass is 480 g/mol. The molecule has 1 aromatic carbocycles. The van der Waals surface area contributed by atoms with Gasteiger partial charge in [-0.05, 0) is 59.9 Å². The summed E-state index contributed by atoms with van der Waals surface area (Å²) in [4.78, 5) is 26.9. The number of aromatic nitrogens is 2. The molecule has 0 saturated carbocycles. The second-order valence-corrected chi connectivity index (χ2v) is 8.63. The fourth-order valence-electron chi connectivity index (χ4n) is 4.16. The molecule has 0 aliphatic carbocycles. The van der Waals surface area contributed by atoms with Crippen molar-refractivity contribution in [3.63, 3.8) is 0 Å². The molecule has 1 amide bonds. The van der Waals surface area contributed by atoms with Crippen molar-refractivity contribution in [3.8, 4) is 0 Å². The van der Waals surface area contributed by atoms with E-state index in [9.17, 15) is 9.59 Å². The van der Waals surface area contributed by atoms with E-state index in [1.165, 1.54) is 7.11 Å². The van der Waals surface area contributed by atoms with Crippen molar-refractivity contribution in [2.45, 2.75) is 31.8 Å². The molecule has 0 radical (unpaired) electrons. The lowest BCUT2D eigenvalue weighted by atomic mass is 10.0. The van der Waals surface area contributed by atoms with Crippen molar-refractivity contribution in [2.24, 2.45) is 5.92 Å². The van der Waals surface area contributed by atoms with Crippen LogP contribution < -0.4 is 5.32 Å². The summed E-state index contributed by atoms with van der Waals surface area (Å²) in [5.41, 5.74) is 1.92. The number of carbonyl (C=O) groups is 2. The largest absolute Gasteiger partial charge is 0.469 e. The maximum atomic E-state index is 12.8. The maximum Gasteiger partial charge on any atom is 0.310 e. The van der Waals surface area contributed by atoms with Crippen LogP contribution in [0.25, 0.3) is 0 Å². The van der Waals surface area contributed by atoms with E-state index >= 15 is 0 Å². The molecular weight excluding hydrogens is 460 g/mol. The number of halogens is 2. The van der Waals surface area contributed by atoms with Crippen molar-refractivity contribution in [3.05, 3.63) is 45.1 Å². The van der Waals surface area contributed by atoms with E-state index < -0.39 is 0 Å². The van der Waals surface area contributed by atoms with Crippen molar-refractivity contribution in [1.29, 1.82) is 0 Å². The first-order valence-electron chi connectivity index (χ1n) is 9.63. The molecule has 1 saturated heterocycles. The standard InChI is InChI=1S/C20H22BrClN4O3/c1-29-20(28)12-7-9-25(11-12)16-6-3-8-26-17(16)10-15(24-26)19(27)23-14-5-2-4-13(21)18(14)22/h2,4-5,10,12,16H,3,6-9,11H2,1H3,(H,23,27)/t12-,16-/m1/s1. The van der Waals surface area contributed by atoms with Gasteiger partial charge in [0, 0.05) is 17.6 Å². The molecular formula is C20H22BrClN4O3. The number of ether oxygens (including phenoxy) is 1. The molecule has 1 aromatic heterocycles. The van der Waals surface area contributed by atoms with E-state index in [0.29, 0.717) is 22.9 Å². The Morgan fingerprint density at radius 3 is 2.93 bits per heavy atom. The van der Waals surface area contributed by atoms with Crippen LogP contribution in [0.4, 0.5) is 5.69 Å². The first kappa shape index (κ1) is 20.4. The summed E-state index contributed by atoms with van der Waals surface area (Å²) < 4.78 is 7.53. The normalized spacial score (nSPS) is 21.6. The molecule has 154 valence electrons. The van der Waals surface area contributed by atoms with Crippen LogP contribution in [0.5, 0.6) is 0 Å². The number of fused-ring (bicyclic) bond motifs is 1. The van der Waals surface area contributed by atoms with Crippen molar-refractivity contribution >= 4 is 45.1 Å². The topological polar surface area (TPSA) is 76.5 Å². The number of aryl methyl sites for hydroxylation is 1. The zero-order valence-electron chi connectivity index (χ0n) is 16.0. The van der Waals surface area contributed by atoms with Crippen molar-refractivity contribution < 1.29 is 14.3 Å². The molecule has 2 aromatic rings. The Morgan fingerprint density at radius 2 is 2.14 bits per heavy atom. The second-order valence-electron chi connectivity index (χ2n) is 7.39. The third-order valence-corrected chi connectivity index (χ3v) is 6.92. The first-order chi connectivity index (χ1) is 14.0. The lowest BCUT2D eigenvalue weighted by molar-refractivity contribution is -0.145. The highest BCUT2D eigenvalue weighted by atomic mass is 79.9. The lowest BCUT2D eigenvalue weighted by Crippen LogP contribution is -2.32. The second kappa shape index (κ2) is 8.45. The summed E-state index contributed by atoms with van der Waals surface area (Å²) in [6.45, 7) is 2.30. The summed E-state index contributed by atoms with van der Waals surface area (Å²) in [6.07, 6.45) is 2.77. The van der Waals surface area contributed by atoms with Crippen LogP contribution in [-0.4, -0.2) is 46.8 Å². The van der Waals surface area contributed by atoms with Gasteiger partial charge in [-0.1, -0.05) is 17.7 Å². The number of hydrogen-bond acceptors (Lipinski definition) is 5. The highest BCUT2D eigenvalue weighted by Crippen LogP contribution is 2.35. The fraction of sp³-hybridized carbons (Fsp3) is 0.450. The predicted molar refractivity (Wildman–Crippen MR) is 113 cm³/mol. The Labute approximate surface area is 182 Å². The van der Waals surface area contributed by atoms with Crippen LogP contribution in [0.2, 0.25) is 5.02 Å². The van der Waals surface area contributed by atoms with Gasteiger partial charge < -0.3 is 10.1 Å². The number of benzene rings is 1. The summed E-state index contributed by atoms with van der Waals surface area (Å²) in [5, 5.41) is 7.81. The van der Waals surface area contributed by atoms with Gasteiger partial charge in [-0.25, -0.2) is 0 Å². The number of likely N-dealkylation sites (tertiary alicyclic amines) is 1. The number of hydrogen-bond donors (Lipinski definition) is 1. The Morgan fingerprint density at radius 1 is 1.31 bits per heavy atom. The summed E-state index contributed by atoms with van der Waals surface area (Å²) in [5.74, 6) is -0.526. The molecule has 1 N–H and O–H groups in total. The summed E-state index contributed by atoms with van der Waals surface area (Å²) >= 11 is 9.62. The van der Waals surface area contributed by atoms with Gasteiger partial charge in [0.05, 0.1) is 35.5 Å². The molecule has 2 aliphatic heterocycles. The van der Waals surface area contributed by atoms with E-state index in [1.54, 1.807) is 6.07 Å². The molecule has 2 aliphatic rings. The number of rotatable bonds is 4. The molecule has 3 heterocycles. The first-order valence-corrected chi connectivity index (χ1v) is 10.8. The number of nitrogens with zero attached hydrogens (tertiary/aromatic N) is 3. The number of esters is 1. The Balaban J connectivity index is 1.52. The number of carbonyl (C=O) groups excluding carboxylic acids is 2. The molecule has 4 rings (SSSR count). The summed E-state index contributed by atoms with van der Waals surface area (Å²) in [7, 11) is 1.43. The Bertz CT molecular complexity index is 948. The highest BCUT2D eigenvalue weighted by Gasteiger charge is 2.36. The van der Waals surface area contributed by atoms with Crippen LogP contribution in [0.1, 0.15) is 41.5 Å². The molecule has 29 heavy (non-hydrogen) atoms. The fourth-order valence-corrected chi connectivity index (χ4v) is 4.70. The van der Waals surface area contributed by atoms with Crippen LogP contribution >= 0.6 is 27.5 Å². The molecule has 1 fully saturated rings. The zero-order valence-corrected chi connectivity index (χ0v) is 18.4. The summed E-state index contributed by atoms with van der Waals surface area (Å²) in [6, 6.07) is 7.39. The Kier molecular flexibility index (Phi) is 5.94. The third-order valence-electron chi connectivity index (χ3n) is 5.63. The average Bonchev–Trinajstić information content (AvgIpc) is 3.38. The van der Waals surface area contributed by atoms with Crippen LogP contribution in [-0.2, 0) is 16.1 Å². The maximum absolute atomic E-state index is 12.8. The minimum atomic E-state index is -0.292. The van der Waals surface area contributed by atoms with E-state index in [1.807, 2.05) is 22.9 Å². The molecule has 0 spiro atoms. The van der Waals surface area contributed by atoms with Gasteiger partial charge in [-0.15, -0.1) is 0 Å². The zero-order chi connectivity index (χ0) is 20.5. The quantitative estimate of drug-likeness (QED) is 0.671. The number of methoxy groups -OCH3 is 1. The van der Waals surface area contributed by atoms with Gasteiger partial charge in [-0.3, -0.25) is 19.2 Å². The van der Waals surface area contributed by atoms with Crippen LogP contribution in [0, 0.1) is 5.92 Å². The Hall–Kier alpha value is -1.90. The molecule has 9 heteroatoms. The van der Waals surface area contributed by atoms with E-state index in [2.05, 4.69) is 31.2 Å². The van der Waals surface area contributed by atoms with Gasteiger partial charge in [0.1, 0.15) is 0 Å². The molecule has 2 atom stereocenters. The smallest absolute Gasteiger partial charge is 0.310 e. The number of anilines is 1. The van der Waals surface area contributed by atoms with Gasteiger partial charge in [0.15, 0.2) is 5.69 Å². The van der Waals surface area contributed by atoms with E-state index in [4.69, 9.17) is 16.3 Å². The van der Waals surface area contributed by atoms with Gasteiger partial charge in [0.2, 0.25) is 0 Å². The minimum Gasteiger partial charge on any atom is -0.469 e. The SMILES string of the molecule is COC(=O)[C@@H]1CCN([C@@H]2CCCn3nc(C(=O)Nc4cccc(Br)c4Cl)cc32)C1. The highest BCUT2D eigenvalue weighted by molar-refractivity contribution is 9.10. The average molecular weight is 482 g/mol. The van der Waals surface area contributed by atoms with Crippen molar-refractivity contribution in [2.75, 3.05) is 25.5 Å². The molecule has 7 nitrogen and oxygen atoms in total. The minimum absolute atomic E-state index is 0.0836. The number of nitrogens with one attached hydrogen (secondary N) is 1. The predicted octanol–water partition coefficient (Wildman–Crippen LogP) is 3.88. The molecule has 0 unspecified atom stereocenters. The lowest BCUT2D eigenvalue weighted by Gasteiger charge is -2.31. The van der Waals surface area contributed by atoms with Gasteiger partial charge in [0.25, 0.3) is 5.91 Å². The van der Waals surface area contributed by atoms with E-state index in [0.717, 1.165) is 42.5 Å². The van der Waals surface area contributed by atoms with Gasteiger partial charge in [-0.2, -0.15) is 5.10 Å². The van der Waals surface area contributed by atoms with Crippen LogP contribution in [0.3, 0.4) is 0 Å². The van der Waals surface area contributed by atoms with Crippen molar-refractivity contribution in [1.82, 2.24) is 14.7 Å². The number of amides is 1. The van der Waals surface area contributed by atoms with Crippen LogP contribution in [0.15, 0.2) is 28.7 Å². The third kappa shape index (κ3) is 4.06. The molecule has 0 bridgehead atoms.